The van der Waals surface area contributed by atoms with Crippen LogP contribution < -0.4 is 0 Å². The van der Waals surface area contributed by atoms with Gasteiger partial charge in [0.1, 0.15) is 28.7 Å². The van der Waals surface area contributed by atoms with Gasteiger partial charge in [0, 0.05) is 83.6 Å². The van der Waals surface area contributed by atoms with E-state index in [2.05, 4.69) is 121 Å². The van der Waals surface area contributed by atoms with Gasteiger partial charge in [-0.05, 0) is 396 Å². The lowest BCUT2D eigenvalue weighted by atomic mass is 9.49. The number of hydrogen-bond donors (Lipinski definition) is 6. The van der Waals surface area contributed by atoms with Crippen LogP contribution in [0, 0.1) is 47.3 Å². The molecule has 10 bridgehead atoms. The smallest absolute Gasteiger partial charge is 0.115 e. The Labute approximate surface area is 679 Å². The van der Waals surface area contributed by atoms with Gasteiger partial charge in [-0.1, -0.05) is 114 Å². The number of hydrogen-bond acceptors (Lipinski definition) is 11. The van der Waals surface area contributed by atoms with Crippen LogP contribution in [0.2, 0.25) is 0 Å². The van der Waals surface area contributed by atoms with Crippen molar-refractivity contribution in [3.8, 4) is 28.7 Å². The molecule has 5 aromatic carbocycles. The van der Waals surface area contributed by atoms with Gasteiger partial charge in [0.25, 0.3) is 0 Å². The first-order chi connectivity index (χ1) is 54.7. The largest absolute Gasteiger partial charge is 0.508 e. The van der Waals surface area contributed by atoms with Crippen LogP contribution in [-0.2, 0) is 59.2 Å². The van der Waals surface area contributed by atoms with E-state index in [0.717, 1.165) is 130 Å². The lowest BCUT2D eigenvalue weighted by Gasteiger charge is -2.64. The molecular formula is C102H141N5O6. The molecule has 8 saturated carbocycles. The van der Waals surface area contributed by atoms with Crippen molar-refractivity contribution in [2.45, 2.75) is 341 Å². The quantitative estimate of drug-likeness (QED) is 0.0746. The van der Waals surface area contributed by atoms with Crippen LogP contribution in [0.1, 0.15) is 290 Å². The van der Waals surface area contributed by atoms with Crippen LogP contribution in [0.4, 0.5) is 0 Å². The van der Waals surface area contributed by atoms with Crippen molar-refractivity contribution >= 4 is 0 Å². The number of likely N-dealkylation sites (tertiary alicyclic amines) is 5. The average molecular weight is 1530 g/mol. The second-order valence-corrected chi connectivity index (χ2v) is 41.8. The maximum absolute atomic E-state index is 11.9. The van der Waals surface area contributed by atoms with Gasteiger partial charge in [0.05, 0.1) is 5.60 Å². The van der Waals surface area contributed by atoms with E-state index in [9.17, 15) is 30.6 Å². The first-order valence-electron chi connectivity index (χ1n) is 46.9. The summed E-state index contributed by atoms with van der Waals surface area (Å²) in [6, 6.07) is 35.3. The Morgan fingerprint density at radius 2 is 0.805 bits per heavy atom. The molecule has 5 heterocycles. The molecule has 18 aliphatic rings. The molecule has 0 amide bonds. The Balaban J connectivity index is 0.0000000950. The van der Waals surface area contributed by atoms with Gasteiger partial charge in [0.2, 0.25) is 0 Å². The maximum Gasteiger partial charge on any atom is 0.115 e. The summed E-state index contributed by atoms with van der Waals surface area (Å²) in [4.78, 5) is 13.9. The molecule has 0 radical (unpaired) electrons. The van der Waals surface area contributed by atoms with Crippen LogP contribution in [0.15, 0.2) is 103 Å². The predicted molar refractivity (Wildman–Crippen MR) is 456 cm³/mol. The van der Waals surface area contributed by atoms with Gasteiger partial charge in [-0.25, -0.2) is 0 Å². The third kappa shape index (κ3) is 13.7. The number of phenolic OH excluding ortho intramolecular Hbond substituents is 5. The van der Waals surface area contributed by atoms with Crippen molar-refractivity contribution < 1.29 is 30.6 Å². The summed E-state index contributed by atoms with van der Waals surface area (Å²) >= 11 is 0. The molecule has 5 aromatic rings. The van der Waals surface area contributed by atoms with Crippen molar-refractivity contribution in [2.24, 2.45) is 47.3 Å². The van der Waals surface area contributed by atoms with E-state index in [-0.39, 0.29) is 16.9 Å². The summed E-state index contributed by atoms with van der Waals surface area (Å²) in [7, 11) is 0. The molecular weight excluding hydrogens is 1390 g/mol. The Morgan fingerprint density at radius 3 is 1.29 bits per heavy atom. The fourth-order valence-corrected chi connectivity index (χ4v) is 29.2. The molecule has 11 heteroatoms. The number of phenols is 5. The number of piperidine rings is 5. The van der Waals surface area contributed by atoms with Crippen molar-refractivity contribution in [1.29, 1.82) is 0 Å². The molecule has 5 saturated heterocycles. The molecule has 13 fully saturated rings. The van der Waals surface area contributed by atoms with E-state index >= 15 is 0 Å². The lowest BCUT2D eigenvalue weighted by molar-refractivity contribution is -0.169. The monoisotopic (exact) mass is 1530 g/mol. The zero-order chi connectivity index (χ0) is 77.5. The summed E-state index contributed by atoms with van der Waals surface area (Å²) in [5.74, 6) is 9.05. The second kappa shape index (κ2) is 30.4. The van der Waals surface area contributed by atoms with Crippen molar-refractivity contribution in [1.82, 2.24) is 24.5 Å². The molecule has 0 spiro atoms. The Kier molecular flexibility index (Phi) is 20.9. The van der Waals surface area contributed by atoms with Gasteiger partial charge in [0.15, 0.2) is 0 Å². The highest BCUT2D eigenvalue weighted by molar-refractivity contribution is 5.51. The summed E-state index contributed by atoms with van der Waals surface area (Å²) < 4.78 is 0. The number of rotatable bonds is 10. The van der Waals surface area contributed by atoms with Crippen molar-refractivity contribution in [2.75, 3.05) is 52.4 Å². The van der Waals surface area contributed by atoms with E-state index in [1.165, 1.54) is 280 Å². The van der Waals surface area contributed by atoms with Crippen LogP contribution >= 0.6 is 0 Å². The van der Waals surface area contributed by atoms with Gasteiger partial charge < -0.3 is 30.6 Å². The van der Waals surface area contributed by atoms with E-state index in [1.807, 2.05) is 42.5 Å². The number of aromatic hydroxyl groups is 5. The Hall–Kier alpha value is -5.40. The highest BCUT2D eigenvalue weighted by Gasteiger charge is 2.64. The second-order valence-electron chi connectivity index (χ2n) is 41.8. The van der Waals surface area contributed by atoms with Crippen molar-refractivity contribution in [3.05, 3.63) is 158 Å². The third-order valence-corrected chi connectivity index (χ3v) is 36.1. The highest BCUT2D eigenvalue weighted by atomic mass is 16.3. The zero-order valence-corrected chi connectivity index (χ0v) is 70.2. The Morgan fingerprint density at radius 1 is 0.398 bits per heavy atom. The first kappa shape index (κ1) is 77.5. The number of allylic oxidation sites excluding steroid dienone is 1. The first-order valence-corrected chi connectivity index (χ1v) is 46.9. The molecule has 17 atom stereocenters. The van der Waals surface area contributed by atoms with E-state index in [0.29, 0.717) is 57.0 Å². The fourth-order valence-electron chi connectivity index (χ4n) is 29.2. The summed E-state index contributed by atoms with van der Waals surface area (Å²) in [6.45, 7) is 23.8. The minimum Gasteiger partial charge on any atom is -0.508 e. The van der Waals surface area contributed by atoms with E-state index < -0.39 is 5.60 Å². The van der Waals surface area contributed by atoms with Gasteiger partial charge in [-0.2, -0.15) is 0 Å². The zero-order valence-electron chi connectivity index (χ0n) is 70.2. The van der Waals surface area contributed by atoms with E-state index in [4.69, 9.17) is 0 Å². The minimum absolute atomic E-state index is 0.127. The normalized spacial score (nSPS) is 36.8. The van der Waals surface area contributed by atoms with Crippen LogP contribution in [0.25, 0.3) is 0 Å². The minimum atomic E-state index is -0.603. The molecule has 610 valence electrons. The highest BCUT2D eigenvalue weighted by Crippen LogP contribution is 2.63. The van der Waals surface area contributed by atoms with E-state index in [1.54, 1.807) is 0 Å². The maximum atomic E-state index is 11.9. The molecule has 2 unspecified atom stereocenters. The van der Waals surface area contributed by atoms with Crippen molar-refractivity contribution in [3.63, 3.8) is 0 Å². The predicted octanol–water partition coefficient (Wildman–Crippen LogP) is 19.6. The molecule has 13 aliphatic carbocycles. The molecule has 113 heavy (non-hydrogen) atoms. The number of fused-ring (bicyclic) bond motifs is 8. The summed E-state index contributed by atoms with van der Waals surface area (Å²) in [5, 5.41) is 62.1. The van der Waals surface area contributed by atoms with Crippen LogP contribution in [-0.4, -0.2) is 155 Å². The number of nitrogens with zero attached hydrogens (tertiary/aromatic N) is 5. The summed E-state index contributed by atoms with van der Waals surface area (Å²) in [6.07, 6.45) is 48.0. The molecule has 6 N–H and O–H groups in total. The lowest BCUT2D eigenvalue weighted by Crippen LogP contribution is -2.72. The standard InChI is InChI=1S/C21H29NO2.2C21H29NO.C20H27NO.C19H27NO/c23-17-7-6-16-12-19-21(24)9-2-1-8-20(21,18(16)13-17)10-11-22(19)14-15-4-3-5-15;2*1-14(15-5-6-15)22-11-10-21-9-3-2-4-18(21)20(22)12-16-7-8-17(23)13-19(16)21;22-16-7-6-15-11-19-17-3-1-2-8-20(17,18(15)12-16)9-10-21(19)13-14-4-5-14;1-13(2)7-9-20-10-8-19(4)14(3)18(20)11-15-5-6-16(21)12-17(15)19/h6-7,13,15,19,23-24H,1-5,8-12,14H2;2*7-8,13-15,18,20,23H,2-6,9-12H2,1H3;6-7,12,14,17,19,22H,1-5,8-11,13H2;5-7,12,14,18,21H,8-11H2,1-4H3/t19-,20+,21-;14-,18+,20?,21-;14-,18-,20?,21+;17-,19+,20+;14-,18+,19+/m11000/s1. The van der Waals surface area contributed by atoms with Crippen LogP contribution in [0.5, 0.6) is 28.7 Å². The number of benzene rings is 5. The molecule has 23 rings (SSSR count). The summed E-state index contributed by atoms with van der Waals surface area (Å²) in [5.41, 5.74) is 16.6. The third-order valence-electron chi connectivity index (χ3n) is 36.1. The SMILES string of the molecule is CC(C)=CCN1CC[C@@]2(C)c3cc(O)ccc3C[C@@H]1[C@@H]2C.C[C@@H](C1CC1)N1CC[C@]23CCCC[C@H]2C1Cc1ccc(O)cc13.C[C@H](C1CC1)N1CC[C@]23CCCC[C@H]2C1Cc1ccc(O)cc13.Oc1ccc2c(c1)[C@@]13CCCC[C@@]1(O)[C@@H](C2)N(CC1CCC1)CC3.Oc1ccc2c(c1)[C@@]13CCCC[C@H]1[C@@H](C2)N(CC1CC1)CC3. The average Bonchev–Trinajstić information content (AvgIpc) is 1.68. The fraction of sp³-hybridized carbons (Fsp3) is 0.686. The van der Waals surface area contributed by atoms with Crippen LogP contribution in [0.3, 0.4) is 0 Å². The topological polar surface area (TPSA) is 138 Å². The molecule has 0 aromatic heterocycles. The van der Waals surface area contributed by atoms with Gasteiger partial charge in [-0.15, -0.1) is 0 Å². The molecule has 5 aliphatic heterocycles. The molecule has 11 nitrogen and oxygen atoms in total. The number of aliphatic hydroxyl groups is 1. The Bertz CT molecular complexity index is 4210. The van der Waals surface area contributed by atoms with Gasteiger partial charge in [-0.3, -0.25) is 24.5 Å². The van der Waals surface area contributed by atoms with Gasteiger partial charge >= 0.3 is 0 Å².